The largest absolute Gasteiger partial charge is 0.381 e. The van der Waals surface area contributed by atoms with E-state index in [2.05, 4.69) is 41.5 Å². The summed E-state index contributed by atoms with van der Waals surface area (Å²) in [5.74, 6) is 0.942. The molecule has 0 atom stereocenters. The van der Waals surface area contributed by atoms with Gasteiger partial charge in [-0.2, -0.15) is 0 Å². The summed E-state index contributed by atoms with van der Waals surface area (Å²) >= 11 is 0. The van der Waals surface area contributed by atoms with Crippen molar-refractivity contribution in [2.75, 3.05) is 47.4 Å². The van der Waals surface area contributed by atoms with Crippen molar-refractivity contribution < 1.29 is 4.74 Å². The minimum absolute atomic E-state index is 0. The molecule has 0 aromatic heterocycles. The van der Waals surface area contributed by atoms with Crippen LogP contribution in [0.4, 0.5) is 0 Å². The molecular formula is C18H37IN4O. The van der Waals surface area contributed by atoms with E-state index in [4.69, 9.17) is 4.74 Å². The SMILES string of the molecule is CCC1(CNC(=NC)NCC2(N(C)C)CCOCC2)CCCC1.I. The van der Waals surface area contributed by atoms with Crippen LogP contribution in [-0.2, 0) is 4.74 Å². The minimum Gasteiger partial charge on any atom is -0.381 e. The summed E-state index contributed by atoms with van der Waals surface area (Å²) < 4.78 is 5.55. The number of aliphatic imine (C=N–C) groups is 1. The quantitative estimate of drug-likeness (QED) is 0.370. The molecule has 2 rings (SSSR count). The van der Waals surface area contributed by atoms with Crippen molar-refractivity contribution in [2.24, 2.45) is 10.4 Å². The second-order valence-corrected chi connectivity index (χ2v) is 7.57. The number of nitrogens with zero attached hydrogens (tertiary/aromatic N) is 2. The lowest BCUT2D eigenvalue weighted by atomic mass is 9.83. The van der Waals surface area contributed by atoms with Gasteiger partial charge < -0.3 is 20.3 Å². The molecule has 1 aliphatic heterocycles. The highest BCUT2D eigenvalue weighted by Gasteiger charge is 2.35. The Labute approximate surface area is 165 Å². The van der Waals surface area contributed by atoms with Crippen molar-refractivity contribution >= 4 is 29.9 Å². The molecule has 0 aromatic rings. The van der Waals surface area contributed by atoms with Gasteiger partial charge in [0, 0.05) is 38.9 Å². The Balaban J connectivity index is 0.00000288. The van der Waals surface area contributed by atoms with Crippen LogP contribution >= 0.6 is 24.0 Å². The van der Waals surface area contributed by atoms with Crippen LogP contribution in [-0.4, -0.2) is 63.8 Å². The smallest absolute Gasteiger partial charge is 0.191 e. The summed E-state index contributed by atoms with van der Waals surface area (Å²) in [7, 11) is 6.22. The number of nitrogens with one attached hydrogen (secondary N) is 2. The summed E-state index contributed by atoms with van der Waals surface area (Å²) in [6.07, 6.45) is 8.87. The average Bonchev–Trinajstić information content (AvgIpc) is 3.05. The molecule has 24 heavy (non-hydrogen) atoms. The first kappa shape index (κ1) is 22.0. The van der Waals surface area contributed by atoms with Gasteiger partial charge in [0.15, 0.2) is 5.96 Å². The van der Waals surface area contributed by atoms with Gasteiger partial charge in [-0.1, -0.05) is 19.8 Å². The predicted molar refractivity (Wildman–Crippen MR) is 112 cm³/mol. The summed E-state index contributed by atoms with van der Waals surface area (Å²) in [5, 5.41) is 7.16. The molecule has 1 saturated carbocycles. The molecule has 0 spiro atoms. The van der Waals surface area contributed by atoms with Gasteiger partial charge in [0.05, 0.1) is 0 Å². The van der Waals surface area contributed by atoms with Crippen LogP contribution in [0.5, 0.6) is 0 Å². The molecular weight excluding hydrogens is 415 g/mol. The van der Waals surface area contributed by atoms with Gasteiger partial charge in [0.25, 0.3) is 0 Å². The van der Waals surface area contributed by atoms with Gasteiger partial charge >= 0.3 is 0 Å². The number of hydrogen-bond donors (Lipinski definition) is 2. The minimum atomic E-state index is 0. The summed E-state index contributed by atoms with van der Waals surface area (Å²) in [5.41, 5.74) is 0.654. The fourth-order valence-corrected chi connectivity index (χ4v) is 4.05. The molecule has 0 unspecified atom stereocenters. The van der Waals surface area contributed by atoms with Crippen LogP contribution < -0.4 is 10.6 Å². The molecule has 2 N–H and O–H groups in total. The number of rotatable bonds is 6. The molecule has 0 bridgehead atoms. The van der Waals surface area contributed by atoms with Gasteiger partial charge in [0.1, 0.15) is 0 Å². The number of hydrogen-bond acceptors (Lipinski definition) is 3. The van der Waals surface area contributed by atoms with Crippen molar-refractivity contribution in [1.29, 1.82) is 0 Å². The van der Waals surface area contributed by atoms with Crippen LogP contribution in [0.3, 0.4) is 0 Å². The maximum absolute atomic E-state index is 5.55. The normalized spacial score (nSPS) is 23.0. The summed E-state index contributed by atoms with van der Waals surface area (Å²) in [4.78, 5) is 6.78. The molecule has 5 nitrogen and oxygen atoms in total. The standard InChI is InChI=1S/C18H36N4O.HI/c1-5-17(8-6-7-9-17)14-20-16(19-2)21-15-18(22(3)4)10-12-23-13-11-18;/h5-15H2,1-4H3,(H2,19,20,21);1H. The number of ether oxygens (including phenoxy) is 1. The fourth-order valence-electron chi connectivity index (χ4n) is 4.05. The molecule has 2 fully saturated rings. The Morgan fingerprint density at radius 2 is 1.62 bits per heavy atom. The van der Waals surface area contributed by atoms with E-state index in [0.29, 0.717) is 5.41 Å². The highest BCUT2D eigenvalue weighted by Crippen LogP contribution is 2.40. The summed E-state index contributed by atoms with van der Waals surface area (Å²) in [6, 6.07) is 0. The van der Waals surface area contributed by atoms with Crippen molar-refractivity contribution in [3.63, 3.8) is 0 Å². The van der Waals surface area contributed by atoms with Gasteiger partial charge in [0.2, 0.25) is 0 Å². The first-order valence-corrected chi connectivity index (χ1v) is 9.26. The third kappa shape index (κ3) is 5.46. The van der Waals surface area contributed by atoms with E-state index in [1.807, 2.05) is 7.05 Å². The highest BCUT2D eigenvalue weighted by molar-refractivity contribution is 14.0. The zero-order chi connectivity index (χ0) is 16.8. The van der Waals surface area contributed by atoms with Crippen LogP contribution in [0.2, 0.25) is 0 Å². The molecule has 0 amide bonds. The second kappa shape index (κ2) is 10.2. The van der Waals surface area contributed by atoms with Crippen molar-refractivity contribution in [2.45, 2.75) is 57.4 Å². The van der Waals surface area contributed by atoms with E-state index in [9.17, 15) is 0 Å². The van der Waals surface area contributed by atoms with Gasteiger partial charge in [-0.15, -0.1) is 24.0 Å². The van der Waals surface area contributed by atoms with E-state index < -0.39 is 0 Å². The number of likely N-dealkylation sites (N-methyl/N-ethyl adjacent to an activating group) is 1. The van der Waals surface area contributed by atoms with Crippen molar-refractivity contribution in [3.8, 4) is 0 Å². The third-order valence-electron chi connectivity index (χ3n) is 6.23. The molecule has 1 heterocycles. The molecule has 0 aromatic carbocycles. The van der Waals surface area contributed by atoms with Gasteiger partial charge in [-0.05, 0) is 51.6 Å². The predicted octanol–water partition coefficient (Wildman–Crippen LogP) is 2.85. The molecule has 2 aliphatic rings. The van der Waals surface area contributed by atoms with E-state index >= 15 is 0 Å². The van der Waals surface area contributed by atoms with Crippen molar-refractivity contribution in [3.05, 3.63) is 0 Å². The lowest BCUT2D eigenvalue weighted by molar-refractivity contribution is -0.00502. The Morgan fingerprint density at radius 3 is 2.12 bits per heavy atom. The lowest BCUT2D eigenvalue weighted by Crippen LogP contribution is -2.57. The number of halogens is 1. The Kier molecular flexibility index (Phi) is 9.30. The lowest BCUT2D eigenvalue weighted by Gasteiger charge is -2.43. The van der Waals surface area contributed by atoms with Gasteiger partial charge in [-0.25, -0.2) is 0 Å². The van der Waals surface area contributed by atoms with E-state index in [1.54, 1.807) is 0 Å². The zero-order valence-corrected chi connectivity index (χ0v) is 18.3. The second-order valence-electron chi connectivity index (χ2n) is 7.57. The molecule has 142 valence electrons. The maximum Gasteiger partial charge on any atom is 0.191 e. The molecule has 0 radical (unpaired) electrons. The van der Waals surface area contributed by atoms with E-state index in [0.717, 1.165) is 45.1 Å². The van der Waals surface area contributed by atoms with Crippen LogP contribution in [0.25, 0.3) is 0 Å². The van der Waals surface area contributed by atoms with Crippen LogP contribution in [0.15, 0.2) is 4.99 Å². The molecule has 6 heteroatoms. The first-order valence-electron chi connectivity index (χ1n) is 9.26. The number of guanidine groups is 1. The van der Waals surface area contributed by atoms with Crippen molar-refractivity contribution in [1.82, 2.24) is 15.5 Å². The zero-order valence-electron chi connectivity index (χ0n) is 16.0. The first-order chi connectivity index (χ1) is 11.1. The highest BCUT2D eigenvalue weighted by atomic mass is 127. The van der Waals surface area contributed by atoms with E-state index in [1.165, 1.54) is 32.1 Å². The Hall–Kier alpha value is -0.0800. The summed E-state index contributed by atoms with van der Waals surface area (Å²) in [6.45, 7) is 5.99. The Bertz CT molecular complexity index is 388. The maximum atomic E-state index is 5.55. The van der Waals surface area contributed by atoms with Crippen LogP contribution in [0, 0.1) is 5.41 Å². The monoisotopic (exact) mass is 452 g/mol. The third-order valence-corrected chi connectivity index (χ3v) is 6.23. The Morgan fingerprint density at radius 1 is 1.04 bits per heavy atom. The van der Waals surface area contributed by atoms with Crippen LogP contribution in [0.1, 0.15) is 51.9 Å². The van der Waals surface area contributed by atoms with Gasteiger partial charge in [-0.3, -0.25) is 4.99 Å². The molecule has 1 aliphatic carbocycles. The fraction of sp³-hybridized carbons (Fsp3) is 0.944. The van der Waals surface area contributed by atoms with E-state index in [-0.39, 0.29) is 29.5 Å². The molecule has 1 saturated heterocycles. The topological polar surface area (TPSA) is 48.9 Å². The average molecular weight is 452 g/mol.